The number of nitrogens with two attached hydrogens (primary N) is 2. The molecular formula is C15H13N3O10S2. The number of carbonyl (C=O) groups is 3. The van der Waals surface area contributed by atoms with E-state index in [4.69, 9.17) is 16.6 Å². The van der Waals surface area contributed by atoms with Gasteiger partial charge in [-0.25, -0.2) is 0 Å². The summed E-state index contributed by atoms with van der Waals surface area (Å²) in [6.07, 6.45) is 0. The molecule has 0 bridgehead atoms. The molecule has 0 fully saturated rings. The third-order valence-corrected chi connectivity index (χ3v) is 6.16. The SMILES string of the molecule is Nc1c(S(=O)(=O)O)cc2c3c(cc(S(=O)(=O)O)cc13)C(=O)N(CC(N)C(=O)O)C2=O. The molecule has 3 rings (SSSR count). The van der Waals surface area contributed by atoms with Crippen molar-refractivity contribution in [3.05, 3.63) is 29.3 Å². The summed E-state index contributed by atoms with van der Waals surface area (Å²) in [5.41, 5.74) is 9.49. The monoisotopic (exact) mass is 459 g/mol. The molecule has 0 radical (unpaired) electrons. The van der Waals surface area contributed by atoms with Crippen LogP contribution in [0.5, 0.6) is 0 Å². The lowest BCUT2D eigenvalue weighted by Gasteiger charge is -2.29. The Balaban J connectivity index is 2.45. The van der Waals surface area contributed by atoms with E-state index in [2.05, 4.69) is 0 Å². The largest absolute Gasteiger partial charge is 0.480 e. The lowest BCUT2D eigenvalue weighted by molar-refractivity contribution is -0.138. The summed E-state index contributed by atoms with van der Waals surface area (Å²) in [5, 5.41) is 8.31. The number of hydrogen-bond acceptors (Lipinski definition) is 9. The maximum Gasteiger partial charge on any atom is 0.322 e. The molecular weight excluding hydrogens is 446 g/mol. The number of carboxylic acid groups (broad SMARTS) is 1. The standard InChI is InChI=1S/C15H13N3O10S2/c16-9(15(21)22)4-18-13(19)7-2-5(29(23,24)25)1-6-11(7)8(14(18)20)3-10(12(6)17)30(26,27)28/h1-3,9H,4,16-17H2,(H,21,22)(H,23,24,25)(H,26,27,28). The summed E-state index contributed by atoms with van der Waals surface area (Å²) >= 11 is 0. The topological polar surface area (TPSA) is 235 Å². The minimum Gasteiger partial charge on any atom is -0.480 e. The summed E-state index contributed by atoms with van der Waals surface area (Å²) in [6.45, 7) is -0.824. The number of carboxylic acids is 1. The first-order valence-electron chi connectivity index (χ1n) is 7.84. The highest BCUT2D eigenvalue weighted by Crippen LogP contribution is 2.38. The van der Waals surface area contributed by atoms with E-state index in [1.54, 1.807) is 0 Å². The first-order chi connectivity index (χ1) is 13.6. The first-order valence-corrected chi connectivity index (χ1v) is 10.7. The quantitative estimate of drug-likeness (QED) is 0.204. The maximum absolute atomic E-state index is 12.8. The van der Waals surface area contributed by atoms with Gasteiger partial charge in [-0.15, -0.1) is 0 Å². The highest BCUT2D eigenvalue weighted by molar-refractivity contribution is 7.86. The predicted octanol–water partition coefficient (Wildman–Crippen LogP) is -1.08. The molecule has 1 atom stereocenters. The second-order valence-corrected chi connectivity index (χ2v) is 9.16. The van der Waals surface area contributed by atoms with Crippen LogP contribution in [-0.4, -0.2) is 66.3 Å². The van der Waals surface area contributed by atoms with Crippen molar-refractivity contribution in [2.24, 2.45) is 5.73 Å². The lowest BCUT2D eigenvalue weighted by Crippen LogP contribution is -2.49. The Bertz CT molecular complexity index is 1340. The fourth-order valence-electron chi connectivity index (χ4n) is 3.06. The number of nitrogen functional groups attached to an aromatic ring is 1. The average Bonchev–Trinajstić information content (AvgIpc) is 2.61. The Morgan fingerprint density at radius 3 is 2.00 bits per heavy atom. The molecule has 2 aromatic carbocycles. The van der Waals surface area contributed by atoms with E-state index in [9.17, 15) is 40.3 Å². The van der Waals surface area contributed by atoms with Crippen molar-refractivity contribution in [1.29, 1.82) is 0 Å². The van der Waals surface area contributed by atoms with Gasteiger partial charge in [0.15, 0.2) is 0 Å². The van der Waals surface area contributed by atoms with E-state index < -0.39 is 82.6 Å². The first kappa shape index (κ1) is 21.6. The zero-order valence-electron chi connectivity index (χ0n) is 14.6. The van der Waals surface area contributed by atoms with E-state index in [1.165, 1.54) is 0 Å². The molecule has 15 heteroatoms. The normalized spacial score (nSPS) is 15.5. The van der Waals surface area contributed by atoms with Crippen LogP contribution in [0.15, 0.2) is 28.0 Å². The van der Waals surface area contributed by atoms with Crippen molar-refractivity contribution < 1.29 is 45.4 Å². The van der Waals surface area contributed by atoms with Crippen LogP contribution >= 0.6 is 0 Å². The van der Waals surface area contributed by atoms with Crippen molar-refractivity contribution in [1.82, 2.24) is 4.90 Å². The predicted molar refractivity (Wildman–Crippen MR) is 99.0 cm³/mol. The van der Waals surface area contributed by atoms with Gasteiger partial charge in [0.2, 0.25) is 0 Å². The van der Waals surface area contributed by atoms with E-state index in [0.717, 1.165) is 12.1 Å². The number of rotatable bonds is 5. The minimum atomic E-state index is -5.00. The highest BCUT2D eigenvalue weighted by Gasteiger charge is 2.38. The molecule has 1 aliphatic rings. The van der Waals surface area contributed by atoms with Crippen LogP contribution in [0.25, 0.3) is 10.8 Å². The second kappa shape index (κ2) is 6.71. The molecule has 30 heavy (non-hydrogen) atoms. The van der Waals surface area contributed by atoms with Gasteiger partial charge in [-0.1, -0.05) is 0 Å². The highest BCUT2D eigenvalue weighted by atomic mass is 32.2. The molecule has 0 spiro atoms. The van der Waals surface area contributed by atoms with Gasteiger partial charge in [0, 0.05) is 10.8 Å². The van der Waals surface area contributed by atoms with Crippen LogP contribution < -0.4 is 11.5 Å². The van der Waals surface area contributed by atoms with Gasteiger partial charge in [-0.2, -0.15) is 16.8 Å². The van der Waals surface area contributed by atoms with Crippen LogP contribution in [0.4, 0.5) is 5.69 Å². The van der Waals surface area contributed by atoms with Gasteiger partial charge in [-0.3, -0.25) is 28.4 Å². The summed E-state index contributed by atoms with van der Waals surface area (Å²) in [4.78, 5) is 35.2. The zero-order valence-corrected chi connectivity index (χ0v) is 16.3. The van der Waals surface area contributed by atoms with Crippen LogP contribution in [-0.2, 0) is 25.0 Å². The van der Waals surface area contributed by atoms with Gasteiger partial charge >= 0.3 is 5.97 Å². The van der Waals surface area contributed by atoms with Gasteiger partial charge < -0.3 is 16.6 Å². The van der Waals surface area contributed by atoms with Crippen LogP contribution in [0.3, 0.4) is 0 Å². The number of imide groups is 1. The third kappa shape index (κ3) is 3.37. The summed E-state index contributed by atoms with van der Waals surface area (Å²) in [6, 6.07) is 0.440. The molecule has 0 saturated carbocycles. The van der Waals surface area contributed by atoms with E-state index >= 15 is 0 Å². The number of nitrogens with zero attached hydrogens (tertiary/aromatic N) is 1. The Kier molecular flexibility index (Phi) is 4.83. The van der Waals surface area contributed by atoms with Crippen molar-refractivity contribution in [3.8, 4) is 0 Å². The molecule has 13 nitrogen and oxygen atoms in total. The summed E-state index contributed by atoms with van der Waals surface area (Å²) in [5.74, 6) is -3.83. The molecule has 160 valence electrons. The van der Waals surface area contributed by atoms with E-state index in [0.29, 0.717) is 11.0 Å². The minimum absolute atomic E-state index is 0.234. The van der Waals surface area contributed by atoms with Crippen molar-refractivity contribution in [2.75, 3.05) is 12.3 Å². The summed E-state index contributed by atoms with van der Waals surface area (Å²) in [7, 11) is -9.91. The fourth-order valence-corrected chi connectivity index (χ4v) is 4.24. The van der Waals surface area contributed by atoms with Crippen molar-refractivity contribution >= 4 is 54.5 Å². The smallest absolute Gasteiger partial charge is 0.322 e. The third-order valence-electron chi connectivity index (χ3n) is 4.44. The average molecular weight is 459 g/mol. The van der Waals surface area contributed by atoms with Gasteiger partial charge in [0.25, 0.3) is 32.1 Å². The van der Waals surface area contributed by atoms with Crippen LogP contribution in [0.1, 0.15) is 20.7 Å². The molecule has 0 saturated heterocycles. The number of benzene rings is 2. The Morgan fingerprint density at radius 1 is 1.00 bits per heavy atom. The number of aliphatic carboxylic acids is 1. The number of anilines is 1. The number of amides is 2. The number of hydrogen-bond donors (Lipinski definition) is 5. The Morgan fingerprint density at radius 2 is 1.53 bits per heavy atom. The maximum atomic E-state index is 12.8. The molecule has 2 aromatic rings. The van der Waals surface area contributed by atoms with Gasteiger partial charge in [0.05, 0.1) is 28.3 Å². The molecule has 2 amide bonds. The summed E-state index contributed by atoms with van der Waals surface area (Å²) < 4.78 is 65.4. The Labute approximate surface area is 168 Å². The van der Waals surface area contributed by atoms with E-state index in [1.807, 2.05) is 0 Å². The van der Waals surface area contributed by atoms with Crippen LogP contribution in [0.2, 0.25) is 0 Å². The second-order valence-electron chi connectivity index (χ2n) is 6.35. The van der Waals surface area contributed by atoms with Crippen molar-refractivity contribution in [2.45, 2.75) is 15.8 Å². The molecule has 7 N–H and O–H groups in total. The molecule has 0 aliphatic carbocycles. The Hall–Kier alpha value is -3.11. The van der Waals surface area contributed by atoms with Crippen LogP contribution in [0, 0.1) is 0 Å². The number of carbonyl (C=O) groups excluding carboxylic acids is 2. The zero-order chi connectivity index (χ0) is 22.8. The molecule has 1 heterocycles. The molecule has 1 aliphatic heterocycles. The van der Waals surface area contributed by atoms with Gasteiger partial charge in [0.1, 0.15) is 10.9 Å². The van der Waals surface area contributed by atoms with Crippen molar-refractivity contribution in [3.63, 3.8) is 0 Å². The van der Waals surface area contributed by atoms with E-state index in [-0.39, 0.29) is 5.39 Å². The van der Waals surface area contributed by atoms with Gasteiger partial charge in [-0.05, 0) is 18.2 Å². The molecule has 0 aromatic heterocycles. The fraction of sp³-hybridized carbons (Fsp3) is 0.133. The lowest BCUT2D eigenvalue weighted by atomic mass is 9.92. The molecule has 1 unspecified atom stereocenters.